The molecule has 0 heterocycles. The Hall–Kier alpha value is -3.69. The molecule has 0 saturated heterocycles. The minimum absolute atomic E-state index is 0.0192. The molecule has 0 fully saturated rings. The van der Waals surface area contributed by atoms with Gasteiger partial charge in [-0.25, -0.2) is 9.18 Å². The van der Waals surface area contributed by atoms with Gasteiger partial charge in [-0.1, -0.05) is 0 Å². The topological polar surface area (TPSA) is 117 Å². The Kier molecular flexibility index (Phi) is 7.07. The Balaban J connectivity index is 1.93. The van der Waals surface area contributed by atoms with Gasteiger partial charge in [-0.2, -0.15) is 0 Å². The number of carbonyl (C=O) groups excluding carboxylic acids is 2. The molecule has 0 unspecified atom stereocenters. The predicted octanol–water partition coefficient (Wildman–Crippen LogP) is 3.00. The third-order valence-corrected chi connectivity index (χ3v) is 3.80. The summed E-state index contributed by atoms with van der Waals surface area (Å²) < 4.78 is 28.1. The van der Waals surface area contributed by atoms with Crippen molar-refractivity contribution in [3.63, 3.8) is 0 Å². The van der Waals surface area contributed by atoms with E-state index >= 15 is 0 Å². The Morgan fingerprint density at radius 3 is 2.48 bits per heavy atom. The van der Waals surface area contributed by atoms with Crippen LogP contribution in [0.1, 0.15) is 12.5 Å². The highest BCUT2D eigenvalue weighted by atomic mass is 19.1. The number of esters is 1. The Morgan fingerprint density at radius 2 is 1.90 bits per heavy atom. The number of nitrogens with one attached hydrogen (secondary N) is 1. The van der Waals surface area contributed by atoms with Gasteiger partial charge in [0, 0.05) is 17.8 Å². The SMILES string of the molecule is COc1cc(NC(=O)COC(=O)[C@@H](C)Oc2ccc(F)cc2)c(C)cc1[N+](=O)[O-]. The molecule has 1 N–H and O–H groups in total. The normalized spacial score (nSPS) is 11.3. The number of rotatable bonds is 8. The van der Waals surface area contributed by atoms with Crippen molar-refractivity contribution in [2.45, 2.75) is 20.0 Å². The number of anilines is 1. The summed E-state index contributed by atoms with van der Waals surface area (Å²) in [5, 5.41) is 13.5. The van der Waals surface area contributed by atoms with E-state index < -0.39 is 35.3 Å². The van der Waals surface area contributed by atoms with Crippen LogP contribution >= 0.6 is 0 Å². The second-order valence-corrected chi connectivity index (χ2v) is 5.97. The second kappa shape index (κ2) is 9.49. The van der Waals surface area contributed by atoms with E-state index in [1.165, 1.54) is 50.4 Å². The van der Waals surface area contributed by atoms with E-state index in [-0.39, 0.29) is 22.9 Å². The highest BCUT2D eigenvalue weighted by Crippen LogP contribution is 2.32. The highest BCUT2D eigenvalue weighted by Gasteiger charge is 2.20. The number of halogens is 1. The molecule has 2 rings (SSSR count). The average Bonchev–Trinajstić information content (AvgIpc) is 2.68. The molecule has 0 radical (unpaired) electrons. The number of methoxy groups -OCH3 is 1. The van der Waals surface area contributed by atoms with Crippen molar-refractivity contribution in [1.82, 2.24) is 0 Å². The van der Waals surface area contributed by atoms with Gasteiger partial charge >= 0.3 is 11.7 Å². The average molecular weight is 406 g/mol. The first-order valence-corrected chi connectivity index (χ1v) is 8.43. The van der Waals surface area contributed by atoms with Gasteiger partial charge in [0.25, 0.3) is 5.91 Å². The summed E-state index contributed by atoms with van der Waals surface area (Å²) in [5.41, 5.74) is 0.482. The van der Waals surface area contributed by atoms with Crippen LogP contribution in [0.5, 0.6) is 11.5 Å². The Bertz CT molecular complexity index is 916. The summed E-state index contributed by atoms with van der Waals surface area (Å²) in [7, 11) is 1.27. The van der Waals surface area contributed by atoms with Gasteiger partial charge in [0.15, 0.2) is 18.5 Å². The first-order chi connectivity index (χ1) is 13.7. The minimum Gasteiger partial charge on any atom is -0.490 e. The van der Waals surface area contributed by atoms with Gasteiger partial charge in [-0.05, 0) is 43.7 Å². The molecule has 0 aliphatic rings. The molecule has 0 bridgehead atoms. The molecule has 1 amide bonds. The molecule has 0 aliphatic carbocycles. The molecule has 9 nitrogen and oxygen atoms in total. The number of benzene rings is 2. The van der Waals surface area contributed by atoms with E-state index in [1.54, 1.807) is 6.92 Å². The van der Waals surface area contributed by atoms with Crippen molar-refractivity contribution in [2.75, 3.05) is 19.0 Å². The van der Waals surface area contributed by atoms with Gasteiger partial charge < -0.3 is 19.5 Å². The largest absolute Gasteiger partial charge is 0.490 e. The maximum atomic E-state index is 12.9. The first kappa shape index (κ1) is 21.6. The van der Waals surface area contributed by atoms with Crippen molar-refractivity contribution in [1.29, 1.82) is 0 Å². The summed E-state index contributed by atoms with van der Waals surface area (Å²) in [6.45, 7) is 2.41. The van der Waals surface area contributed by atoms with Crippen molar-refractivity contribution >= 4 is 23.3 Å². The predicted molar refractivity (Wildman–Crippen MR) is 100 cm³/mol. The van der Waals surface area contributed by atoms with E-state index in [0.717, 1.165) is 0 Å². The number of carbonyl (C=O) groups is 2. The number of amides is 1. The molecule has 0 saturated carbocycles. The standard InChI is InChI=1S/C19H19FN2O7/c1-11-8-16(22(25)26)17(27-3)9-15(11)21-18(23)10-28-19(24)12(2)29-14-6-4-13(20)5-7-14/h4-9,12H,10H2,1-3H3,(H,21,23)/t12-/m1/s1. The van der Waals surface area contributed by atoms with Crippen molar-refractivity contribution < 1.29 is 33.1 Å². The zero-order valence-corrected chi connectivity index (χ0v) is 15.9. The highest BCUT2D eigenvalue weighted by molar-refractivity contribution is 5.94. The number of nitro groups is 1. The van der Waals surface area contributed by atoms with E-state index in [1.807, 2.05) is 0 Å². The third-order valence-electron chi connectivity index (χ3n) is 3.80. The monoisotopic (exact) mass is 406 g/mol. The van der Waals surface area contributed by atoms with E-state index in [0.29, 0.717) is 5.56 Å². The molecule has 0 aromatic heterocycles. The van der Waals surface area contributed by atoms with Crippen molar-refractivity contribution in [2.24, 2.45) is 0 Å². The lowest BCUT2D eigenvalue weighted by Crippen LogP contribution is -2.29. The fraction of sp³-hybridized carbons (Fsp3) is 0.263. The molecule has 154 valence electrons. The van der Waals surface area contributed by atoms with E-state index in [4.69, 9.17) is 14.2 Å². The molecule has 0 aliphatic heterocycles. The number of hydrogen-bond acceptors (Lipinski definition) is 7. The van der Waals surface area contributed by atoms with Gasteiger partial charge in [0.2, 0.25) is 0 Å². The lowest BCUT2D eigenvalue weighted by Gasteiger charge is -2.14. The fourth-order valence-corrected chi connectivity index (χ4v) is 2.32. The lowest BCUT2D eigenvalue weighted by molar-refractivity contribution is -0.385. The van der Waals surface area contributed by atoms with Crippen molar-refractivity contribution in [3.8, 4) is 11.5 Å². The number of ether oxygens (including phenoxy) is 3. The van der Waals surface area contributed by atoms with Crippen LogP contribution in [0.25, 0.3) is 0 Å². The van der Waals surface area contributed by atoms with Crippen LogP contribution in [0.4, 0.5) is 15.8 Å². The van der Waals surface area contributed by atoms with E-state index in [9.17, 15) is 24.1 Å². The van der Waals surface area contributed by atoms with Crippen LogP contribution in [0, 0.1) is 22.9 Å². The molecule has 2 aromatic rings. The zero-order valence-electron chi connectivity index (χ0n) is 15.9. The summed E-state index contributed by atoms with van der Waals surface area (Å²) in [5.74, 6) is -1.63. The minimum atomic E-state index is -1.02. The summed E-state index contributed by atoms with van der Waals surface area (Å²) in [4.78, 5) is 34.4. The quantitative estimate of drug-likeness (QED) is 0.407. The number of nitro benzene ring substituents is 1. The Labute approximate surface area is 165 Å². The van der Waals surface area contributed by atoms with Crippen LogP contribution < -0.4 is 14.8 Å². The number of aryl methyl sites for hydroxylation is 1. The third kappa shape index (κ3) is 5.89. The molecule has 1 atom stereocenters. The summed E-state index contributed by atoms with van der Waals surface area (Å²) >= 11 is 0. The molecule has 2 aromatic carbocycles. The lowest BCUT2D eigenvalue weighted by atomic mass is 10.1. The van der Waals surface area contributed by atoms with Crippen LogP contribution in [-0.4, -0.2) is 36.6 Å². The van der Waals surface area contributed by atoms with Crippen LogP contribution in [0.2, 0.25) is 0 Å². The van der Waals surface area contributed by atoms with Gasteiger partial charge in [0.1, 0.15) is 11.6 Å². The number of hydrogen-bond donors (Lipinski definition) is 1. The van der Waals surface area contributed by atoms with Crippen LogP contribution in [0.3, 0.4) is 0 Å². The summed E-state index contributed by atoms with van der Waals surface area (Å²) in [6.07, 6.45) is -1.02. The first-order valence-electron chi connectivity index (χ1n) is 8.43. The maximum absolute atomic E-state index is 12.9. The van der Waals surface area contributed by atoms with Gasteiger partial charge in [-0.3, -0.25) is 14.9 Å². The molecule has 29 heavy (non-hydrogen) atoms. The molecule has 10 heteroatoms. The summed E-state index contributed by atoms with van der Waals surface area (Å²) in [6, 6.07) is 7.66. The van der Waals surface area contributed by atoms with E-state index in [2.05, 4.69) is 5.32 Å². The smallest absolute Gasteiger partial charge is 0.347 e. The number of nitrogens with zero attached hydrogens (tertiary/aromatic N) is 1. The van der Waals surface area contributed by atoms with Crippen LogP contribution in [0.15, 0.2) is 36.4 Å². The van der Waals surface area contributed by atoms with Gasteiger partial charge in [-0.15, -0.1) is 0 Å². The Morgan fingerprint density at radius 1 is 1.24 bits per heavy atom. The van der Waals surface area contributed by atoms with Gasteiger partial charge in [0.05, 0.1) is 12.0 Å². The molecule has 0 spiro atoms. The maximum Gasteiger partial charge on any atom is 0.347 e. The second-order valence-electron chi connectivity index (χ2n) is 5.97. The molecular formula is C19H19FN2O7. The molecular weight excluding hydrogens is 387 g/mol. The van der Waals surface area contributed by atoms with Crippen molar-refractivity contribution in [3.05, 3.63) is 57.9 Å². The van der Waals surface area contributed by atoms with Crippen LogP contribution in [-0.2, 0) is 14.3 Å². The fourth-order valence-electron chi connectivity index (χ4n) is 2.32. The zero-order chi connectivity index (χ0) is 21.6.